The second kappa shape index (κ2) is 4.94. The number of fused-ring (bicyclic) bond motifs is 2. The summed E-state index contributed by atoms with van der Waals surface area (Å²) in [5, 5.41) is 1.90. The average molecular weight is 304 g/mol. The zero-order chi connectivity index (χ0) is 15.4. The molecule has 0 spiro atoms. The fourth-order valence-electron chi connectivity index (χ4n) is 3.29. The lowest BCUT2D eigenvalue weighted by atomic mass is 9.84. The zero-order valence-electron chi connectivity index (χ0n) is 13.1. The molecule has 3 rings (SSSR count). The van der Waals surface area contributed by atoms with Gasteiger partial charge in [-0.15, -0.1) is 0 Å². The molecule has 0 radical (unpaired) electrons. The lowest BCUT2D eigenvalue weighted by Gasteiger charge is -2.32. The molecule has 2 N–H and O–H groups in total. The monoisotopic (exact) mass is 303 g/mol. The Labute approximate surface area is 131 Å². The van der Waals surface area contributed by atoms with Crippen molar-refractivity contribution in [3.05, 3.63) is 39.5 Å². The van der Waals surface area contributed by atoms with Crippen molar-refractivity contribution >= 4 is 22.5 Å². The van der Waals surface area contributed by atoms with Gasteiger partial charge in [-0.25, -0.2) is 0 Å². The minimum Gasteiger partial charge on any atom is -0.322 e. The number of nitrogens with zero attached hydrogens (tertiary/aromatic N) is 2. The van der Waals surface area contributed by atoms with Crippen molar-refractivity contribution in [2.45, 2.75) is 39.3 Å². The number of benzene rings is 1. The van der Waals surface area contributed by atoms with Gasteiger partial charge in [0.15, 0.2) is 0 Å². The van der Waals surface area contributed by atoms with E-state index >= 15 is 0 Å². The van der Waals surface area contributed by atoms with Crippen LogP contribution in [0.5, 0.6) is 0 Å². The summed E-state index contributed by atoms with van der Waals surface area (Å²) in [6.45, 7) is 8.12. The summed E-state index contributed by atoms with van der Waals surface area (Å²) in [7, 11) is 2.15. The van der Waals surface area contributed by atoms with Crippen LogP contribution >= 0.6 is 11.6 Å². The second-order valence-corrected chi connectivity index (χ2v) is 7.10. The number of aryl methyl sites for hydroxylation is 1. The number of halogens is 1. The molecule has 0 fully saturated rings. The van der Waals surface area contributed by atoms with E-state index in [4.69, 9.17) is 22.3 Å². The Hall–Kier alpha value is -1.16. The molecule has 2 heterocycles. The average Bonchev–Trinajstić information content (AvgIpc) is 2.39. The summed E-state index contributed by atoms with van der Waals surface area (Å²) in [5.41, 5.74) is 11.8. The van der Waals surface area contributed by atoms with E-state index in [2.05, 4.69) is 31.9 Å². The molecule has 0 aliphatic carbocycles. The van der Waals surface area contributed by atoms with Gasteiger partial charge in [-0.1, -0.05) is 17.7 Å². The molecule has 2 aromatic rings. The zero-order valence-corrected chi connectivity index (χ0v) is 13.9. The quantitative estimate of drug-likeness (QED) is 0.878. The van der Waals surface area contributed by atoms with Gasteiger partial charge in [-0.3, -0.25) is 4.98 Å². The van der Waals surface area contributed by atoms with Crippen LogP contribution in [0.1, 0.15) is 36.2 Å². The summed E-state index contributed by atoms with van der Waals surface area (Å²) >= 11 is 6.28. The SMILES string of the molecule is Cc1c(Cl)ccc2c(C(C)(C)N)c3c(nc12)CCN(C)C3. The lowest BCUT2D eigenvalue weighted by molar-refractivity contribution is 0.306. The first kappa shape index (κ1) is 14.8. The number of rotatable bonds is 1. The maximum absolute atomic E-state index is 6.50. The van der Waals surface area contributed by atoms with Crippen molar-refractivity contribution in [1.29, 1.82) is 0 Å². The number of nitrogens with two attached hydrogens (primary N) is 1. The molecule has 21 heavy (non-hydrogen) atoms. The third kappa shape index (κ3) is 2.44. The fraction of sp³-hybridized carbons (Fsp3) is 0.471. The Morgan fingerprint density at radius 2 is 2.05 bits per heavy atom. The van der Waals surface area contributed by atoms with Crippen molar-refractivity contribution in [3.63, 3.8) is 0 Å². The molecular formula is C17H22ClN3. The predicted octanol–water partition coefficient (Wildman–Crippen LogP) is 3.38. The summed E-state index contributed by atoms with van der Waals surface area (Å²) in [4.78, 5) is 7.25. The number of hydrogen-bond acceptors (Lipinski definition) is 3. The minimum absolute atomic E-state index is 0.399. The van der Waals surface area contributed by atoms with Crippen molar-refractivity contribution in [1.82, 2.24) is 9.88 Å². The van der Waals surface area contributed by atoms with E-state index < -0.39 is 5.54 Å². The molecule has 1 aromatic carbocycles. The van der Waals surface area contributed by atoms with E-state index in [1.54, 1.807) is 0 Å². The number of aromatic nitrogens is 1. The van der Waals surface area contributed by atoms with E-state index in [1.807, 2.05) is 13.0 Å². The molecule has 112 valence electrons. The van der Waals surface area contributed by atoms with Crippen LogP contribution in [0.3, 0.4) is 0 Å². The Morgan fingerprint density at radius 1 is 1.33 bits per heavy atom. The Morgan fingerprint density at radius 3 is 2.71 bits per heavy atom. The van der Waals surface area contributed by atoms with Gasteiger partial charge in [0.25, 0.3) is 0 Å². The number of likely N-dealkylation sites (N-methyl/N-ethyl adjacent to an activating group) is 1. The molecule has 1 aliphatic heterocycles. The standard InChI is InChI=1S/C17H22ClN3/c1-10-13(18)6-5-11-15(17(2,3)19)12-9-21(4)8-7-14(12)20-16(10)11/h5-6H,7-9,19H2,1-4H3. The smallest absolute Gasteiger partial charge is 0.0753 e. The molecule has 4 heteroatoms. The number of pyridine rings is 1. The fourth-order valence-corrected chi connectivity index (χ4v) is 3.44. The van der Waals surface area contributed by atoms with Crippen LogP contribution in [0.15, 0.2) is 12.1 Å². The molecule has 0 bridgehead atoms. The minimum atomic E-state index is -0.399. The van der Waals surface area contributed by atoms with E-state index in [9.17, 15) is 0 Å². The van der Waals surface area contributed by atoms with Crippen LogP contribution < -0.4 is 5.73 Å². The van der Waals surface area contributed by atoms with E-state index in [0.717, 1.165) is 41.0 Å². The second-order valence-electron chi connectivity index (χ2n) is 6.69. The van der Waals surface area contributed by atoms with Crippen LogP contribution in [0.25, 0.3) is 10.9 Å². The van der Waals surface area contributed by atoms with Gasteiger partial charge in [0, 0.05) is 41.2 Å². The van der Waals surface area contributed by atoms with Crippen molar-refractivity contribution in [3.8, 4) is 0 Å². The van der Waals surface area contributed by atoms with E-state index in [1.165, 1.54) is 16.8 Å². The molecule has 0 saturated carbocycles. The van der Waals surface area contributed by atoms with Crippen LogP contribution in [0.4, 0.5) is 0 Å². The van der Waals surface area contributed by atoms with E-state index in [0.29, 0.717) is 0 Å². The summed E-state index contributed by atoms with van der Waals surface area (Å²) in [6.07, 6.45) is 0.969. The highest BCUT2D eigenvalue weighted by Gasteiger charge is 2.28. The van der Waals surface area contributed by atoms with Crippen molar-refractivity contribution in [2.75, 3.05) is 13.6 Å². The molecule has 1 aliphatic rings. The first-order chi connectivity index (χ1) is 9.79. The van der Waals surface area contributed by atoms with Gasteiger partial charge in [-0.2, -0.15) is 0 Å². The third-order valence-electron chi connectivity index (χ3n) is 4.33. The van der Waals surface area contributed by atoms with Gasteiger partial charge >= 0.3 is 0 Å². The molecule has 0 amide bonds. The topological polar surface area (TPSA) is 42.1 Å². The molecule has 1 aromatic heterocycles. The molecular weight excluding hydrogens is 282 g/mol. The van der Waals surface area contributed by atoms with Gasteiger partial charge in [0.2, 0.25) is 0 Å². The highest BCUT2D eigenvalue weighted by Crippen LogP contribution is 2.36. The van der Waals surface area contributed by atoms with Crippen LogP contribution in [-0.2, 0) is 18.5 Å². The number of hydrogen-bond donors (Lipinski definition) is 1. The van der Waals surface area contributed by atoms with Crippen LogP contribution in [0, 0.1) is 6.92 Å². The molecule has 3 nitrogen and oxygen atoms in total. The summed E-state index contributed by atoms with van der Waals surface area (Å²) < 4.78 is 0. The molecule has 0 saturated heterocycles. The van der Waals surface area contributed by atoms with Crippen LogP contribution in [-0.4, -0.2) is 23.5 Å². The maximum atomic E-state index is 6.50. The Bertz CT molecular complexity index is 716. The lowest BCUT2D eigenvalue weighted by Crippen LogP contribution is -2.35. The Balaban J connectivity index is 2.43. The van der Waals surface area contributed by atoms with Gasteiger partial charge in [0.05, 0.1) is 5.52 Å². The van der Waals surface area contributed by atoms with Crippen LogP contribution in [0.2, 0.25) is 5.02 Å². The highest BCUT2D eigenvalue weighted by molar-refractivity contribution is 6.32. The van der Waals surface area contributed by atoms with E-state index in [-0.39, 0.29) is 0 Å². The summed E-state index contributed by atoms with van der Waals surface area (Å²) in [6, 6.07) is 4.02. The van der Waals surface area contributed by atoms with Crippen molar-refractivity contribution < 1.29 is 0 Å². The van der Waals surface area contributed by atoms with Gasteiger partial charge in [0.1, 0.15) is 0 Å². The summed E-state index contributed by atoms with van der Waals surface area (Å²) in [5.74, 6) is 0. The van der Waals surface area contributed by atoms with Gasteiger partial charge in [-0.05, 0) is 50.6 Å². The van der Waals surface area contributed by atoms with Gasteiger partial charge < -0.3 is 10.6 Å². The first-order valence-corrected chi connectivity index (χ1v) is 7.75. The maximum Gasteiger partial charge on any atom is 0.0753 e. The van der Waals surface area contributed by atoms with Crippen molar-refractivity contribution in [2.24, 2.45) is 5.73 Å². The molecule has 0 unspecified atom stereocenters. The molecule has 0 atom stereocenters. The highest BCUT2D eigenvalue weighted by atomic mass is 35.5. The third-order valence-corrected chi connectivity index (χ3v) is 4.74. The Kier molecular flexibility index (Phi) is 3.47. The normalized spacial score (nSPS) is 16.3. The predicted molar refractivity (Wildman–Crippen MR) is 88.7 cm³/mol. The largest absolute Gasteiger partial charge is 0.322 e. The first-order valence-electron chi connectivity index (χ1n) is 7.37.